The predicted molar refractivity (Wildman–Crippen MR) is 78.9 cm³/mol. The van der Waals surface area contributed by atoms with Gasteiger partial charge in [-0.05, 0) is 64.0 Å². The molecule has 0 radical (unpaired) electrons. The lowest BCUT2D eigenvalue weighted by molar-refractivity contribution is 0.125. The van der Waals surface area contributed by atoms with E-state index in [1.807, 2.05) is 0 Å². The fourth-order valence-corrected chi connectivity index (χ4v) is 3.82. The van der Waals surface area contributed by atoms with Crippen LogP contribution in [0.15, 0.2) is 0 Å². The van der Waals surface area contributed by atoms with Crippen LogP contribution in [0.25, 0.3) is 0 Å². The van der Waals surface area contributed by atoms with Gasteiger partial charge < -0.3 is 5.32 Å². The molecular formula is C16H32N2. The van der Waals surface area contributed by atoms with Crippen LogP contribution in [0, 0.1) is 5.92 Å². The predicted octanol–water partition coefficient (Wildman–Crippen LogP) is 3.42. The maximum atomic E-state index is 3.66. The SMILES string of the molecule is CCCN(CC1CCCN1)C1CCC(CC)CC1. The van der Waals surface area contributed by atoms with Crippen molar-refractivity contribution in [3.8, 4) is 0 Å². The van der Waals surface area contributed by atoms with Gasteiger partial charge in [0, 0.05) is 18.6 Å². The number of rotatable bonds is 6. The molecule has 1 unspecified atom stereocenters. The van der Waals surface area contributed by atoms with Crippen molar-refractivity contribution >= 4 is 0 Å². The first-order valence-corrected chi connectivity index (χ1v) is 8.30. The van der Waals surface area contributed by atoms with Crippen LogP contribution in [0.1, 0.15) is 65.2 Å². The van der Waals surface area contributed by atoms with Crippen molar-refractivity contribution in [2.45, 2.75) is 77.3 Å². The molecule has 1 heterocycles. The number of hydrogen-bond acceptors (Lipinski definition) is 2. The fraction of sp³-hybridized carbons (Fsp3) is 1.00. The van der Waals surface area contributed by atoms with Gasteiger partial charge in [0.1, 0.15) is 0 Å². The molecule has 2 rings (SSSR count). The second kappa shape index (κ2) is 7.49. The van der Waals surface area contributed by atoms with Crippen LogP contribution in [0.3, 0.4) is 0 Å². The van der Waals surface area contributed by atoms with Crippen LogP contribution in [0.4, 0.5) is 0 Å². The van der Waals surface area contributed by atoms with Gasteiger partial charge in [-0.2, -0.15) is 0 Å². The minimum Gasteiger partial charge on any atom is -0.313 e. The van der Waals surface area contributed by atoms with E-state index in [4.69, 9.17) is 0 Å². The first kappa shape index (κ1) is 14.3. The van der Waals surface area contributed by atoms with E-state index in [0.29, 0.717) is 0 Å². The van der Waals surface area contributed by atoms with Gasteiger partial charge in [0.05, 0.1) is 0 Å². The zero-order valence-corrected chi connectivity index (χ0v) is 12.5. The van der Waals surface area contributed by atoms with Crippen molar-refractivity contribution in [3.05, 3.63) is 0 Å². The standard InChI is InChI=1S/C16H32N2/c1-3-12-18(13-15-6-5-11-17-15)16-9-7-14(4-2)8-10-16/h14-17H,3-13H2,1-2H3. The van der Waals surface area contributed by atoms with Gasteiger partial charge in [-0.3, -0.25) is 4.90 Å². The Morgan fingerprint density at radius 3 is 2.39 bits per heavy atom. The number of hydrogen-bond donors (Lipinski definition) is 1. The minimum atomic E-state index is 0.778. The molecule has 0 bridgehead atoms. The first-order valence-electron chi connectivity index (χ1n) is 8.30. The summed E-state index contributed by atoms with van der Waals surface area (Å²) in [7, 11) is 0. The van der Waals surface area contributed by atoms with Crippen LogP contribution in [-0.4, -0.2) is 36.6 Å². The minimum absolute atomic E-state index is 0.778. The Hall–Kier alpha value is -0.0800. The van der Waals surface area contributed by atoms with E-state index < -0.39 is 0 Å². The lowest BCUT2D eigenvalue weighted by Gasteiger charge is -2.38. The zero-order chi connectivity index (χ0) is 12.8. The van der Waals surface area contributed by atoms with Gasteiger partial charge in [0.15, 0.2) is 0 Å². The third-order valence-corrected chi connectivity index (χ3v) is 5.04. The highest BCUT2D eigenvalue weighted by molar-refractivity contribution is 4.84. The summed E-state index contributed by atoms with van der Waals surface area (Å²) in [6.45, 7) is 8.53. The van der Waals surface area contributed by atoms with E-state index in [0.717, 1.165) is 18.0 Å². The molecule has 0 aromatic carbocycles. The Labute approximate surface area is 114 Å². The second-order valence-corrected chi connectivity index (χ2v) is 6.37. The van der Waals surface area contributed by atoms with Crippen LogP contribution in [0.2, 0.25) is 0 Å². The quantitative estimate of drug-likeness (QED) is 0.779. The first-order chi connectivity index (χ1) is 8.83. The fourth-order valence-electron chi connectivity index (χ4n) is 3.82. The Balaban J connectivity index is 1.80. The monoisotopic (exact) mass is 252 g/mol. The topological polar surface area (TPSA) is 15.3 Å². The van der Waals surface area contributed by atoms with E-state index in [9.17, 15) is 0 Å². The Kier molecular flexibility index (Phi) is 5.97. The summed E-state index contributed by atoms with van der Waals surface area (Å²) in [5, 5.41) is 3.66. The summed E-state index contributed by atoms with van der Waals surface area (Å²) in [6, 6.07) is 1.66. The third kappa shape index (κ3) is 3.96. The van der Waals surface area contributed by atoms with Gasteiger partial charge >= 0.3 is 0 Å². The average Bonchev–Trinajstić information content (AvgIpc) is 2.91. The summed E-state index contributed by atoms with van der Waals surface area (Å²) < 4.78 is 0. The molecule has 1 aliphatic heterocycles. The smallest absolute Gasteiger partial charge is 0.0195 e. The van der Waals surface area contributed by atoms with Crippen LogP contribution in [-0.2, 0) is 0 Å². The molecule has 0 amide bonds. The zero-order valence-electron chi connectivity index (χ0n) is 12.5. The lowest BCUT2D eigenvalue weighted by Crippen LogP contribution is -2.45. The summed E-state index contributed by atoms with van der Waals surface area (Å²) >= 11 is 0. The molecule has 18 heavy (non-hydrogen) atoms. The lowest BCUT2D eigenvalue weighted by atomic mass is 9.83. The van der Waals surface area contributed by atoms with Crippen molar-refractivity contribution in [1.82, 2.24) is 10.2 Å². The second-order valence-electron chi connectivity index (χ2n) is 6.37. The molecule has 2 nitrogen and oxygen atoms in total. The molecule has 2 heteroatoms. The summed E-state index contributed by atoms with van der Waals surface area (Å²) in [4.78, 5) is 2.80. The Morgan fingerprint density at radius 2 is 1.83 bits per heavy atom. The highest BCUT2D eigenvalue weighted by atomic mass is 15.2. The molecular weight excluding hydrogens is 220 g/mol. The van der Waals surface area contributed by atoms with E-state index >= 15 is 0 Å². The number of nitrogens with one attached hydrogen (secondary N) is 1. The molecule has 0 aromatic rings. The van der Waals surface area contributed by atoms with Crippen LogP contribution < -0.4 is 5.32 Å². The molecule has 1 N–H and O–H groups in total. The summed E-state index contributed by atoms with van der Waals surface area (Å²) in [5.74, 6) is 1.02. The maximum Gasteiger partial charge on any atom is 0.0195 e. The molecule has 1 saturated carbocycles. The Morgan fingerprint density at radius 1 is 1.06 bits per heavy atom. The molecule has 2 aliphatic rings. The van der Waals surface area contributed by atoms with Crippen molar-refractivity contribution < 1.29 is 0 Å². The van der Waals surface area contributed by atoms with E-state index in [2.05, 4.69) is 24.1 Å². The molecule has 1 saturated heterocycles. The van der Waals surface area contributed by atoms with Gasteiger partial charge in [-0.15, -0.1) is 0 Å². The van der Waals surface area contributed by atoms with Gasteiger partial charge in [0.2, 0.25) is 0 Å². The summed E-state index contributed by atoms with van der Waals surface area (Å²) in [6.07, 6.45) is 11.3. The molecule has 2 fully saturated rings. The highest BCUT2D eigenvalue weighted by Gasteiger charge is 2.27. The molecule has 0 spiro atoms. The van der Waals surface area contributed by atoms with Gasteiger partial charge in [0.25, 0.3) is 0 Å². The van der Waals surface area contributed by atoms with E-state index in [1.165, 1.54) is 71.0 Å². The normalized spacial score (nSPS) is 33.2. The molecule has 106 valence electrons. The molecule has 1 aliphatic carbocycles. The van der Waals surface area contributed by atoms with Crippen molar-refractivity contribution in [2.24, 2.45) is 5.92 Å². The van der Waals surface area contributed by atoms with E-state index in [1.54, 1.807) is 0 Å². The van der Waals surface area contributed by atoms with E-state index in [-0.39, 0.29) is 0 Å². The Bertz CT molecular complexity index is 215. The molecule has 0 aromatic heterocycles. The molecule has 1 atom stereocenters. The highest BCUT2D eigenvalue weighted by Crippen LogP contribution is 2.29. The largest absolute Gasteiger partial charge is 0.313 e. The average molecular weight is 252 g/mol. The number of nitrogens with zero attached hydrogens (tertiary/aromatic N) is 1. The summed E-state index contributed by atoms with van der Waals surface area (Å²) in [5.41, 5.74) is 0. The van der Waals surface area contributed by atoms with Crippen LogP contribution >= 0.6 is 0 Å². The van der Waals surface area contributed by atoms with Crippen LogP contribution in [0.5, 0.6) is 0 Å². The van der Waals surface area contributed by atoms with Gasteiger partial charge in [-0.1, -0.05) is 20.3 Å². The van der Waals surface area contributed by atoms with Crippen molar-refractivity contribution in [1.29, 1.82) is 0 Å². The van der Waals surface area contributed by atoms with Crippen molar-refractivity contribution in [2.75, 3.05) is 19.6 Å². The van der Waals surface area contributed by atoms with Crippen molar-refractivity contribution in [3.63, 3.8) is 0 Å². The third-order valence-electron chi connectivity index (χ3n) is 5.04. The van der Waals surface area contributed by atoms with Gasteiger partial charge in [-0.25, -0.2) is 0 Å². The maximum absolute atomic E-state index is 3.66.